The average molecular weight is 357 g/mol. The van der Waals surface area contributed by atoms with Crippen LogP contribution in [0.4, 0.5) is 10.1 Å². The van der Waals surface area contributed by atoms with Crippen molar-refractivity contribution in [3.8, 4) is 0 Å². The lowest BCUT2D eigenvalue weighted by molar-refractivity contribution is -0.126. The van der Waals surface area contributed by atoms with Crippen LogP contribution in [-0.2, 0) is 15.0 Å². The molecule has 0 aromatic heterocycles. The van der Waals surface area contributed by atoms with Gasteiger partial charge in [-0.3, -0.25) is 4.79 Å². The molecule has 0 saturated carbocycles. The van der Waals surface area contributed by atoms with Gasteiger partial charge in [0, 0.05) is 11.3 Å². The van der Waals surface area contributed by atoms with Crippen molar-refractivity contribution in [1.82, 2.24) is 0 Å². The van der Waals surface area contributed by atoms with E-state index in [0.717, 1.165) is 0 Å². The number of halogens is 1. The van der Waals surface area contributed by atoms with Crippen molar-refractivity contribution in [3.63, 3.8) is 0 Å². The second kappa shape index (κ2) is 7.99. The van der Waals surface area contributed by atoms with Crippen LogP contribution in [0.2, 0.25) is 0 Å². The van der Waals surface area contributed by atoms with E-state index in [0.29, 0.717) is 11.3 Å². The van der Waals surface area contributed by atoms with Gasteiger partial charge in [-0.1, -0.05) is 38.1 Å². The van der Waals surface area contributed by atoms with Crippen molar-refractivity contribution in [2.24, 2.45) is 10.9 Å². The van der Waals surface area contributed by atoms with Crippen molar-refractivity contribution in [2.45, 2.75) is 39.2 Å². The molecule has 0 bridgehead atoms. The van der Waals surface area contributed by atoms with Crippen LogP contribution < -0.4 is 11.1 Å². The molecule has 0 heterocycles. The van der Waals surface area contributed by atoms with Crippen LogP contribution in [0.5, 0.6) is 0 Å². The van der Waals surface area contributed by atoms with E-state index < -0.39 is 6.10 Å². The van der Waals surface area contributed by atoms with Gasteiger partial charge in [0.15, 0.2) is 5.84 Å². The summed E-state index contributed by atoms with van der Waals surface area (Å²) in [4.78, 5) is 17.3. The van der Waals surface area contributed by atoms with Gasteiger partial charge in [-0.15, -0.1) is 0 Å². The third kappa shape index (κ3) is 5.31. The Labute approximate surface area is 153 Å². The van der Waals surface area contributed by atoms with Gasteiger partial charge in [0.1, 0.15) is 5.82 Å². The van der Waals surface area contributed by atoms with Crippen LogP contribution in [-0.4, -0.2) is 17.8 Å². The number of rotatable bonds is 5. The molecule has 3 N–H and O–H groups in total. The maximum Gasteiger partial charge on any atom is 0.267 e. The molecule has 2 aromatic rings. The number of nitrogens with one attached hydrogen (secondary N) is 1. The highest BCUT2D eigenvalue weighted by molar-refractivity contribution is 5.97. The molecule has 0 spiro atoms. The van der Waals surface area contributed by atoms with Crippen molar-refractivity contribution in [2.75, 3.05) is 5.32 Å². The Morgan fingerprint density at radius 3 is 2.23 bits per heavy atom. The topological polar surface area (TPSA) is 76.7 Å². The third-order valence-corrected chi connectivity index (χ3v) is 3.84. The fourth-order valence-corrected chi connectivity index (χ4v) is 2.15. The molecule has 138 valence electrons. The lowest BCUT2D eigenvalue weighted by Crippen LogP contribution is -2.27. The van der Waals surface area contributed by atoms with E-state index in [4.69, 9.17) is 10.6 Å². The molecule has 0 saturated heterocycles. The first-order valence-corrected chi connectivity index (χ1v) is 8.33. The summed E-state index contributed by atoms with van der Waals surface area (Å²) in [5, 5.41) is 6.51. The Bertz CT molecular complexity index is 778. The number of carbonyl (C=O) groups is 1. The summed E-state index contributed by atoms with van der Waals surface area (Å²) in [5.74, 6) is -0.643. The summed E-state index contributed by atoms with van der Waals surface area (Å²) in [6.45, 7) is 7.94. The van der Waals surface area contributed by atoms with Crippen molar-refractivity contribution >= 4 is 17.4 Å². The monoisotopic (exact) mass is 357 g/mol. The smallest absolute Gasteiger partial charge is 0.267 e. The zero-order valence-electron chi connectivity index (χ0n) is 15.4. The molecular weight excluding hydrogens is 333 g/mol. The molecule has 1 amide bonds. The summed E-state index contributed by atoms with van der Waals surface area (Å²) in [7, 11) is 0. The number of hydrogen-bond donors (Lipinski definition) is 2. The lowest BCUT2D eigenvalue weighted by Gasteiger charge is -2.19. The fourth-order valence-electron chi connectivity index (χ4n) is 2.15. The largest absolute Gasteiger partial charge is 0.381 e. The number of nitrogens with zero attached hydrogens (tertiary/aromatic N) is 1. The fraction of sp³-hybridized carbons (Fsp3) is 0.300. The number of oxime groups is 1. The second-order valence-electron chi connectivity index (χ2n) is 7.05. The normalized spacial score (nSPS) is 13.2. The van der Waals surface area contributed by atoms with Gasteiger partial charge in [-0.25, -0.2) is 4.39 Å². The minimum atomic E-state index is -0.837. The molecule has 6 heteroatoms. The Morgan fingerprint density at radius 2 is 1.69 bits per heavy atom. The zero-order chi connectivity index (χ0) is 19.3. The summed E-state index contributed by atoms with van der Waals surface area (Å²) >= 11 is 0. The van der Waals surface area contributed by atoms with Crippen LogP contribution >= 0.6 is 0 Å². The zero-order valence-corrected chi connectivity index (χ0v) is 15.4. The van der Waals surface area contributed by atoms with Gasteiger partial charge < -0.3 is 15.9 Å². The summed E-state index contributed by atoms with van der Waals surface area (Å²) in [6.07, 6.45) is -0.837. The maximum absolute atomic E-state index is 12.9. The van der Waals surface area contributed by atoms with E-state index in [1.807, 2.05) is 24.3 Å². The molecule has 2 rings (SSSR count). The second-order valence-corrected chi connectivity index (χ2v) is 7.05. The van der Waals surface area contributed by atoms with Crippen LogP contribution in [0, 0.1) is 5.82 Å². The standard InChI is InChI=1S/C20H24FN3O2/c1-13(26-24-18(22)14-5-9-16(21)10-6-14)19(25)23-17-11-7-15(8-12-17)20(2,3)4/h5-13H,1-4H3,(H2,22,24)(H,23,25). The molecule has 0 radical (unpaired) electrons. The molecule has 26 heavy (non-hydrogen) atoms. The first-order chi connectivity index (χ1) is 12.2. The van der Waals surface area contributed by atoms with Crippen LogP contribution in [0.15, 0.2) is 53.7 Å². The van der Waals surface area contributed by atoms with Gasteiger partial charge in [-0.2, -0.15) is 0 Å². The maximum atomic E-state index is 12.9. The minimum Gasteiger partial charge on any atom is -0.381 e. The summed E-state index contributed by atoms with van der Waals surface area (Å²) < 4.78 is 12.9. The number of anilines is 1. The number of hydrogen-bond acceptors (Lipinski definition) is 3. The van der Waals surface area contributed by atoms with Crippen molar-refractivity contribution in [1.29, 1.82) is 0 Å². The Morgan fingerprint density at radius 1 is 1.12 bits per heavy atom. The van der Waals surface area contributed by atoms with Crippen LogP contribution in [0.3, 0.4) is 0 Å². The van der Waals surface area contributed by atoms with E-state index in [9.17, 15) is 9.18 Å². The molecule has 0 fully saturated rings. The molecule has 1 atom stereocenters. The Hall–Kier alpha value is -2.89. The highest BCUT2D eigenvalue weighted by atomic mass is 19.1. The summed E-state index contributed by atoms with van der Waals surface area (Å²) in [6, 6.07) is 13.2. The van der Waals surface area contributed by atoms with E-state index in [1.165, 1.54) is 29.8 Å². The Kier molecular flexibility index (Phi) is 5.97. The first-order valence-electron chi connectivity index (χ1n) is 8.33. The van der Waals surface area contributed by atoms with Crippen LogP contribution in [0.1, 0.15) is 38.8 Å². The van der Waals surface area contributed by atoms with Gasteiger partial charge in [-0.05, 0) is 54.3 Å². The predicted molar refractivity (Wildman–Crippen MR) is 101 cm³/mol. The van der Waals surface area contributed by atoms with Gasteiger partial charge in [0.2, 0.25) is 6.10 Å². The number of nitrogens with two attached hydrogens (primary N) is 1. The number of amidine groups is 1. The van der Waals surface area contributed by atoms with E-state index in [-0.39, 0.29) is 23.0 Å². The average Bonchev–Trinajstić information content (AvgIpc) is 2.59. The number of amides is 1. The molecule has 0 aliphatic rings. The quantitative estimate of drug-likeness (QED) is 0.486. The predicted octanol–water partition coefficient (Wildman–Crippen LogP) is 3.79. The summed E-state index contributed by atoms with van der Waals surface area (Å²) in [5.41, 5.74) is 8.18. The highest BCUT2D eigenvalue weighted by Gasteiger charge is 2.16. The number of carbonyl (C=O) groups excluding carboxylic acids is 1. The van der Waals surface area contributed by atoms with Crippen molar-refractivity contribution < 1.29 is 14.0 Å². The highest BCUT2D eigenvalue weighted by Crippen LogP contribution is 2.23. The van der Waals surface area contributed by atoms with E-state index in [1.54, 1.807) is 6.92 Å². The van der Waals surface area contributed by atoms with Crippen LogP contribution in [0.25, 0.3) is 0 Å². The molecule has 0 aliphatic carbocycles. The van der Waals surface area contributed by atoms with E-state index >= 15 is 0 Å². The lowest BCUT2D eigenvalue weighted by atomic mass is 9.87. The van der Waals surface area contributed by atoms with E-state index in [2.05, 4.69) is 31.2 Å². The molecular formula is C20H24FN3O2. The van der Waals surface area contributed by atoms with Crippen molar-refractivity contribution in [3.05, 3.63) is 65.5 Å². The van der Waals surface area contributed by atoms with Gasteiger partial charge in [0.05, 0.1) is 0 Å². The molecule has 5 nitrogen and oxygen atoms in total. The Balaban J connectivity index is 1.94. The SMILES string of the molecule is CC(O/N=C(/N)c1ccc(F)cc1)C(=O)Nc1ccc(C(C)(C)C)cc1. The number of benzene rings is 2. The minimum absolute atomic E-state index is 0.0472. The van der Waals surface area contributed by atoms with Gasteiger partial charge >= 0.3 is 0 Å². The molecule has 2 aromatic carbocycles. The van der Waals surface area contributed by atoms with Gasteiger partial charge in [0.25, 0.3) is 5.91 Å². The third-order valence-electron chi connectivity index (χ3n) is 3.84. The molecule has 0 aliphatic heterocycles. The first kappa shape index (κ1) is 19.4. The molecule has 1 unspecified atom stereocenters.